The third-order valence-corrected chi connectivity index (χ3v) is 3.54. The molecule has 3 rings (SSSR count). The van der Waals surface area contributed by atoms with E-state index in [0.29, 0.717) is 24.7 Å². The van der Waals surface area contributed by atoms with Gasteiger partial charge in [-0.05, 0) is 36.8 Å². The van der Waals surface area contributed by atoms with Crippen LogP contribution in [0.4, 0.5) is 5.69 Å². The average Bonchev–Trinajstić information content (AvgIpc) is 3.08. The minimum atomic E-state index is 0.382. The molecule has 24 heavy (non-hydrogen) atoms. The highest BCUT2D eigenvalue weighted by Crippen LogP contribution is 2.24. The summed E-state index contributed by atoms with van der Waals surface area (Å²) in [5, 5.41) is 7.35. The number of rotatable bonds is 7. The van der Waals surface area contributed by atoms with Crippen molar-refractivity contribution < 1.29 is 9.47 Å². The van der Waals surface area contributed by atoms with Gasteiger partial charge < -0.3 is 15.2 Å². The average molecular weight is 323 g/mol. The molecule has 5 nitrogen and oxygen atoms in total. The lowest BCUT2D eigenvalue weighted by Gasteiger charge is -2.06. The molecule has 0 radical (unpaired) electrons. The molecule has 3 aromatic rings. The number of nitrogens with one attached hydrogen (secondary N) is 1. The molecular weight excluding hydrogens is 302 g/mol. The lowest BCUT2D eigenvalue weighted by Crippen LogP contribution is -1.98. The second-order valence-corrected chi connectivity index (χ2v) is 5.48. The largest absolute Gasteiger partial charge is 0.494 e. The fraction of sp³-hybridized carbons (Fsp3) is 0.211. The molecule has 0 bridgehead atoms. The van der Waals surface area contributed by atoms with Crippen molar-refractivity contribution in [3.8, 4) is 22.8 Å². The molecule has 0 aliphatic heterocycles. The molecule has 0 atom stereocenters. The van der Waals surface area contributed by atoms with E-state index < -0.39 is 0 Å². The van der Waals surface area contributed by atoms with Crippen molar-refractivity contribution in [2.24, 2.45) is 0 Å². The molecule has 0 aliphatic rings. The predicted octanol–water partition coefficient (Wildman–Crippen LogP) is 4.03. The topological polar surface area (TPSA) is 73.2 Å². The number of nitrogens with two attached hydrogens (primary N) is 1. The molecule has 0 spiro atoms. The van der Waals surface area contributed by atoms with Gasteiger partial charge in [0.05, 0.1) is 23.7 Å². The first-order valence-electron chi connectivity index (χ1n) is 8.01. The van der Waals surface area contributed by atoms with E-state index in [1.54, 1.807) is 0 Å². The van der Waals surface area contributed by atoms with Crippen LogP contribution in [0.2, 0.25) is 0 Å². The molecule has 1 aromatic heterocycles. The molecule has 3 N–H and O–H groups in total. The number of para-hydroxylation sites is 2. The van der Waals surface area contributed by atoms with Crippen LogP contribution in [0.5, 0.6) is 11.5 Å². The normalized spacial score (nSPS) is 10.5. The van der Waals surface area contributed by atoms with Crippen molar-refractivity contribution in [2.75, 3.05) is 12.3 Å². The Balaban J connectivity index is 1.68. The molecule has 0 aliphatic carbocycles. The fourth-order valence-corrected chi connectivity index (χ4v) is 2.32. The van der Waals surface area contributed by atoms with E-state index in [9.17, 15) is 0 Å². The zero-order valence-electron chi connectivity index (χ0n) is 13.7. The highest BCUT2D eigenvalue weighted by molar-refractivity contribution is 5.61. The van der Waals surface area contributed by atoms with Crippen molar-refractivity contribution in [1.29, 1.82) is 0 Å². The molecule has 0 saturated carbocycles. The van der Waals surface area contributed by atoms with Gasteiger partial charge in [-0.15, -0.1) is 0 Å². The Bertz CT molecular complexity index is 799. The van der Waals surface area contributed by atoms with Gasteiger partial charge in [0, 0.05) is 5.56 Å². The van der Waals surface area contributed by atoms with Gasteiger partial charge >= 0.3 is 0 Å². The number of aromatic amines is 1. The summed E-state index contributed by atoms with van der Waals surface area (Å²) in [6, 6.07) is 17.3. The lowest BCUT2D eigenvalue weighted by molar-refractivity contribution is 0.303. The summed E-state index contributed by atoms with van der Waals surface area (Å²) >= 11 is 0. The molecule has 0 fully saturated rings. The van der Waals surface area contributed by atoms with Crippen LogP contribution in [-0.4, -0.2) is 16.8 Å². The summed E-state index contributed by atoms with van der Waals surface area (Å²) < 4.78 is 11.4. The Morgan fingerprint density at radius 1 is 1.04 bits per heavy atom. The Morgan fingerprint density at radius 2 is 1.92 bits per heavy atom. The van der Waals surface area contributed by atoms with Crippen molar-refractivity contribution in [3.63, 3.8) is 0 Å². The van der Waals surface area contributed by atoms with E-state index in [2.05, 4.69) is 17.1 Å². The van der Waals surface area contributed by atoms with E-state index in [1.165, 1.54) is 0 Å². The number of ether oxygens (including phenoxy) is 2. The van der Waals surface area contributed by atoms with Crippen LogP contribution in [0, 0.1) is 0 Å². The maximum atomic E-state index is 5.87. The second kappa shape index (κ2) is 7.55. The fourth-order valence-electron chi connectivity index (χ4n) is 2.32. The van der Waals surface area contributed by atoms with Gasteiger partial charge in [-0.25, -0.2) is 0 Å². The maximum absolute atomic E-state index is 5.87. The standard InChI is InChI=1S/C19H21N3O2/c1-2-10-23-16-7-5-6-14(11-16)18-12-15(21-22-18)13-24-19-9-4-3-8-17(19)20/h3-9,11-12H,2,10,13,20H2,1H3,(H,21,22). The number of benzene rings is 2. The number of nitrogens with zero attached hydrogens (tertiary/aromatic N) is 1. The zero-order valence-corrected chi connectivity index (χ0v) is 13.7. The molecule has 124 valence electrons. The van der Waals surface area contributed by atoms with Gasteiger partial charge in [-0.2, -0.15) is 5.10 Å². The van der Waals surface area contributed by atoms with Crippen LogP contribution in [0.1, 0.15) is 19.0 Å². The smallest absolute Gasteiger partial charge is 0.142 e. The Labute approximate surface area is 141 Å². The predicted molar refractivity (Wildman–Crippen MR) is 95.0 cm³/mol. The third kappa shape index (κ3) is 3.87. The van der Waals surface area contributed by atoms with E-state index in [0.717, 1.165) is 29.1 Å². The molecule has 1 heterocycles. The quantitative estimate of drug-likeness (QED) is 0.644. The second-order valence-electron chi connectivity index (χ2n) is 5.48. The first kappa shape index (κ1) is 15.9. The van der Waals surface area contributed by atoms with Gasteiger partial charge in [-0.1, -0.05) is 31.2 Å². The monoisotopic (exact) mass is 323 g/mol. The minimum absolute atomic E-state index is 0.382. The van der Waals surface area contributed by atoms with Crippen LogP contribution in [-0.2, 0) is 6.61 Å². The third-order valence-electron chi connectivity index (χ3n) is 3.54. The summed E-state index contributed by atoms with van der Waals surface area (Å²) in [5.74, 6) is 1.52. The van der Waals surface area contributed by atoms with E-state index in [1.807, 2.05) is 54.6 Å². The van der Waals surface area contributed by atoms with Crippen LogP contribution in [0.15, 0.2) is 54.6 Å². The summed E-state index contributed by atoms with van der Waals surface area (Å²) in [7, 11) is 0. The highest BCUT2D eigenvalue weighted by atomic mass is 16.5. The first-order chi connectivity index (χ1) is 11.8. The van der Waals surface area contributed by atoms with Crippen LogP contribution in [0.3, 0.4) is 0 Å². The molecule has 5 heteroatoms. The van der Waals surface area contributed by atoms with Crippen molar-refractivity contribution in [3.05, 3.63) is 60.3 Å². The maximum Gasteiger partial charge on any atom is 0.142 e. The number of nitrogen functional groups attached to an aromatic ring is 1. The van der Waals surface area contributed by atoms with Crippen molar-refractivity contribution in [2.45, 2.75) is 20.0 Å². The number of hydrogen-bond acceptors (Lipinski definition) is 4. The minimum Gasteiger partial charge on any atom is -0.494 e. The Hall–Kier alpha value is -2.95. The summed E-state index contributed by atoms with van der Waals surface area (Å²) in [4.78, 5) is 0. The van der Waals surface area contributed by atoms with E-state index >= 15 is 0 Å². The lowest BCUT2D eigenvalue weighted by atomic mass is 10.1. The summed E-state index contributed by atoms with van der Waals surface area (Å²) in [6.45, 7) is 3.18. The molecule has 2 aromatic carbocycles. The Kier molecular flexibility index (Phi) is 5.01. The van der Waals surface area contributed by atoms with Gasteiger partial charge in [0.1, 0.15) is 18.1 Å². The molecular formula is C19H21N3O2. The number of hydrogen-bond donors (Lipinski definition) is 2. The summed E-state index contributed by atoms with van der Waals surface area (Å²) in [6.07, 6.45) is 0.983. The number of anilines is 1. The SMILES string of the molecule is CCCOc1cccc(-c2cc(COc3ccccc3N)[nH]n2)c1. The van der Waals surface area contributed by atoms with Gasteiger partial charge in [-0.3, -0.25) is 5.10 Å². The van der Waals surface area contributed by atoms with Gasteiger partial charge in [0.15, 0.2) is 0 Å². The number of H-pyrrole nitrogens is 1. The number of aromatic nitrogens is 2. The van der Waals surface area contributed by atoms with Crippen molar-refractivity contribution >= 4 is 5.69 Å². The molecule has 0 amide bonds. The first-order valence-corrected chi connectivity index (χ1v) is 8.01. The van der Waals surface area contributed by atoms with E-state index in [4.69, 9.17) is 15.2 Å². The molecule has 0 saturated heterocycles. The van der Waals surface area contributed by atoms with Crippen LogP contribution in [0.25, 0.3) is 11.3 Å². The van der Waals surface area contributed by atoms with Gasteiger partial charge in [0.2, 0.25) is 0 Å². The molecule has 0 unspecified atom stereocenters. The Morgan fingerprint density at radius 3 is 2.75 bits per heavy atom. The van der Waals surface area contributed by atoms with Crippen LogP contribution >= 0.6 is 0 Å². The van der Waals surface area contributed by atoms with Crippen molar-refractivity contribution in [1.82, 2.24) is 10.2 Å². The highest BCUT2D eigenvalue weighted by Gasteiger charge is 2.07. The van der Waals surface area contributed by atoms with Crippen LogP contribution < -0.4 is 15.2 Å². The van der Waals surface area contributed by atoms with Gasteiger partial charge in [0.25, 0.3) is 0 Å². The summed E-state index contributed by atoms with van der Waals surface area (Å²) in [5.41, 5.74) is 9.24. The van der Waals surface area contributed by atoms with E-state index in [-0.39, 0.29) is 0 Å². The zero-order chi connectivity index (χ0) is 16.8.